The van der Waals surface area contributed by atoms with E-state index in [9.17, 15) is 18.3 Å². The van der Waals surface area contributed by atoms with E-state index in [2.05, 4.69) is 10.3 Å². The molecule has 1 saturated heterocycles. The Morgan fingerprint density at radius 1 is 1.16 bits per heavy atom. The second-order valence-electron chi connectivity index (χ2n) is 10.4. The average Bonchev–Trinajstić information content (AvgIpc) is 3.53. The lowest BCUT2D eigenvalue weighted by Crippen LogP contribution is -2.38. The van der Waals surface area contributed by atoms with Gasteiger partial charge in [0.25, 0.3) is 0 Å². The van der Waals surface area contributed by atoms with E-state index in [1.54, 1.807) is 6.20 Å². The van der Waals surface area contributed by atoms with Crippen molar-refractivity contribution in [2.45, 2.75) is 50.7 Å². The van der Waals surface area contributed by atoms with Gasteiger partial charge >= 0.3 is 0 Å². The Morgan fingerprint density at radius 2 is 1.97 bits per heavy atom. The molecule has 10 nitrogen and oxygen atoms in total. The standard InChI is InChI=1S/C27H35N5O5S/c1-38(35,36)17-3-16-37-24-5-2-4-23-22(24)12-15-32(23)25-10-13-28-27(30-25)29-20-8-6-19(7-9-20)26(34)31-14-11-21(33)18-31/h2,4-5,10,12-13,15,19-21,33H,3,6-9,11,14,16-18H2,1H3,(H,28,29,30)/t19-,20-,21-/m0/s1. The molecule has 2 N–H and O–H groups in total. The maximum absolute atomic E-state index is 12.8. The van der Waals surface area contributed by atoms with Gasteiger partial charge in [0.15, 0.2) is 0 Å². The quantitative estimate of drug-likeness (QED) is 0.396. The van der Waals surface area contributed by atoms with Crippen LogP contribution in [0, 0.1) is 5.92 Å². The third kappa shape index (κ3) is 6.27. The summed E-state index contributed by atoms with van der Waals surface area (Å²) in [6.45, 7) is 1.44. The molecule has 3 aromatic rings. The van der Waals surface area contributed by atoms with Gasteiger partial charge < -0.3 is 24.6 Å². The summed E-state index contributed by atoms with van der Waals surface area (Å²) in [5.41, 5.74) is 0.932. The van der Waals surface area contributed by atoms with Crippen molar-refractivity contribution in [3.05, 3.63) is 42.7 Å². The van der Waals surface area contributed by atoms with Gasteiger partial charge in [-0.2, -0.15) is 4.98 Å². The highest BCUT2D eigenvalue weighted by molar-refractivity contribution is 7.90. The number of β-amino-alcohol motifs (C(OH)–C–C–N with tert-alkyl or cyclic N) is 1. The minimum absolute atomic E-state index is 0.0274. The Morgan fingerprint density at radius 3 is 2.71 bits per heavy atom. The minimum atomic E-state index is -3.01. The third-order valence-electron chi connectivity index (χ3n) is 7.38. The molecular weight excluding hydrogens is 506 g/mol. The first-order valence-electron chi connectivity index (χ1n) is 13.2. The zero-order chi connectivity index (χ0) is 26.7. The van der Waals surface area contributed by atoms with E-state index in [0.29, 0.717) is 44.2 Å². The van der Waals surface area contributed by atoms with Gasteiger partial charge in [-0.1, -0.05) is 6.07 Å². The molecule has 2 aromatic heterocycles. The number of hydrogen-bond donors (Lipinski definition) is 2. The molecular formula is C27H35N5O5S. The van der Waals surface area contributed by atoms with Crippen LogP contribution in [0.3, 0.4) is 0 Å². The highest BCUT2D eigenvalue weighted by Crippen LogP contribution is 2.30. The number of fused-ring (bicyclic) bond motifs is 1. The number of carbonyl (C=O) groups is 1. The molecule has 0 unspecified atom stereocenters. The van der Waals surface area contributed by atoms with E-state index in [1.807, 2.05) is 46.0 Å². The Labute approximate surface area is 222 Å². The maximum Gasteiger partial charge on any atom is 0.225 e. The van der Waals surface area contributed by atoms with Gasteiger partial charge in [0.05, 0.1) is 24.0 Å². The molecule has 38 heavy (non-hydrogen) atoms. The predicted octanol–water partition coefficient (Wildman–Crippen LogP) is 2.80. The van der Waals surface area contributed by atoms with Gasteiger partial charge in [0.2, 0.25) is 11.9 Å². The predicted molar refractivity (Wildman–Crippen MR) is 145 cm³/mol. The molecule has 1 saturated carbocycles. The van der Waals surface area contributed by atoms with Crippen LogP contribution in [0.1, 0.15) is 38.5 Å². The fourth-order valence-corrected chi connectivity index (χ4v) is 6.03. The van der Waals surface area contributed by atoms with Gasteiger partial charge in [-0.05, 0) is 62.8 Å². The number of nitrogens with one attached hydrogen (secondary N) is 1. The largest absolute Gasteiger partial charge is 0.493 e. The summed E-state index contributed by atoms with van der Waals surface area (Å²) in [4.78, 5) is 23.7. The first-order valence-corrected chi connectivity index (χ1v) is 15.3. The number of anilines is 1. The molecule has 5 rings (SSSR count). The number of amides is 1. The van der Waals surface area contributed by atoms with Gasteiger partial charge in [0.1, 0.15) is 21.4 Å². The fraction of sp³-hybridized carbons (Fsp3) is 0.519. The summed E-state index contributed by atoms with van der Waals surface area (Å²) in [7, 11) is -3.01. The van der Waals surface area contributed by atoms with E-state index in [0.717, 1.165) is 42.4 Å². The smallest absolute Gasteiger partial charge is 0.225 e. The molecule has 0 radical (unpaired) electrons. The number of benzene rings is 1. The maximum atomic E-state index is 12.8. The monoisotopic (exact) mass is 541 g/mol. The van der Waals surface area contributed by atoms with Crippen LogP contribution in [0.5, 0.6) is 5.75 Å². The van der Waals surface area contributed by atoms with Crippen LogP contribution in [0.25, 0.3) is 16.7 Å². The number of aliphatic hydroxyl groups excluding tert-OH is 1. The molecule has 3 heterocycles. The van der Waals surface area contributed by atoms with Crippen molar-refractivity contribution in [3.8, 4) is 11.6 Å². The molecule has 0 bridgehead atoms. The van der Waals surface area contributed by atoms with Crippen LogP contribution in [0.4, 0.5) is 5.95 Å². The summed E-state index contributed by atoms with van der Waals surface area (Å²) in [6.07, 6.45) is 9.00. The number of carbonyl (C=O) groups excluding carboxylic acids is 1. The highest BCUT2D eigenvalue weighted by Gasteiger charge is 2.33. The van der Waals surface area contributed by atoms with E-state index in [-0.39, 0.29) is 29.7 Å². The minimum Gasteiger partial charge on any atom is -0.493 e. The number of likely N-dealkylation sites (tertiary alicyclic amines) is 1. The number of hydrogen-bond acceptors (Lipinski definition) is 8. The third-order valence-corrected chi connectivity index (χ3v) is 8.41. The van der Waals surface area contributed by atoms with Crippen LogP contribution >= 0.6 is 0 Å². The van der Waals surface area contributed by atoms with Crippen molar-refractivity contribution in [1.29, 1.82) is 0 Å². The van der Waals surface area contributed by atoms with E-state index < -0.39 is 9.84 Å². The van der Waals surface area contributed by atoms with Crippen LogP contribution < -0.4 is 10.1 Å². The molecule has 204 valence electrons. The Kier molecular flexibility index (Phi) is 7.85. The zero-order valence-corrected chi connectivity index (χ0v) is 22.4. The van der Waals surface area contributed by atoms with Crippen LogP contribution in [-0.2, 0) is 14.6 Å². The summed E-state index contributed by atoms with van der Waals surface area (Å²) >= 11 is 0. The van der Waals surface area contributed by atoms with Gasteiger partial charge in [-0.25, -0.2) is 13.4 Å². The molecule has 2 aliphatic rings. The van der Waals surface area contributed by atoms with E-state index in [1.165, 1.54) is 6.26 Å². The van der Waals surface area contributed by atoms with Gasteiger partial charge in [0, 0.05) is 49.1 Å². The SMILES string of the molecule is CS(=O)(=O)CCCOc1cccc2c1ccn2-c1ccnc(N[C@H]2CC[C@H](C(=O)N3CC[C@H](O)C3)CC2)n1. The molecule has 1 aliphatic carbocycles. The molecule has 1 atom stereocenters. The summed E-state index contributed by atoms with van der Waals surface area (Å²) < 4.78 is 30.6. The molecule has 1 aromatic carbocycles. The van der Waals surface area contributed by atoms with Crippen molar-refractivity contribution in [1.82, 2.24) is 19.4 Å². The first-order chi connectivity index (χ1) is 18.3. The summed E-state index contributed by atoms with van der Waals surface area (Å²) in [5, 5.41) is 14.1. The Balaban J connectivity index is 1.21. The lowest BCUT2D eigenvalue weighted by Gasteiger charge is -2.30. The summed E-state index contributed by atoms with van der Waals surface area (Å²) in [6, 6.07) is 9.80. The second kappa shape index (κ2) is 11.3. The molecule has 0 spiro atoms. The number of nitrogens with zero attached hydrogens (tertiary/aromatic N) is 4. The number of aliphatic hydroxyl groups is 1. The van der Waals surface area contributed by atoms with Crippen molar-refractivity contribution in [2.75, 3.05) is 37.0 Å². The summed E-state index contributed by atoms with van der Waals surface area (Å²) in [5.74, 6) is 2.28. The number of aromatic nitrogens is 3. The van der Waals surface area contributed by atoms with Crippen LogP contribution in [0.15, 0.2) is 42.7 Å². The van der Waals surface area contributed by atoms with E-state index >= 15 is 0 Å². The number of rotatable bonds is 9. The van der Waals surface area contributed by atoms with Crippen LogP contribution in [-0.4, -0.2) is 82.7 Å². The topological polar surface area (TPSA) is 127 Å². The van der Waals surface area contributed by atoms with Crippen molar-refractivity contribution in [2.24, 2.45) is 5.92 Å². The van der Waals surface area contributed by atoms with Crippen molar-refractivity contribution < 1.29 is 23.1 Å². The van der Waals surface area contributed by atoms with Gasteiger partial charge in [-0.15, -0.1) is 0 Å². The molecule has 11 heteroatoms. The highest BCUT2D eigenvalue weighted by atomic mass is 32.2. The molecule has 1 amide bonds. The Bertz CT molecular complexity index is 1380. The molecule has 2 fully saturated rings. The fourth-order valence-electron chi connectivity index (χ4n) is 5.39. The zero-order valence-electron chi connectivity index (χ0n) is 21.6. The van der Waals surface area contributed by atoms with Crippen LogP contribution in [0.2, 0.25) is 0 Å². The lowest BCUT2D eigenvalue weighted by molar-refractivity contribution is -0.135. The second-order valence-corrected chi connectivity index (χ2v) is 12.6. The Hall–Kier alpha value is -3.18. The van der Waals surface area contributed by atoms with Crippen molar-refractivity contribution >= 4 is 32.6 Å². The normalized spacial score (nSPS) is 22.1. The number of sulfone groups is 1. The van der Waals surface area contributed by atoms with Gasteiger partial charge in [-0.3, -0.25) is 4.79 Å². The molecule has 1 aliphatic heterocycles. The van der Waals surface area contributed by atoms with Crippen molar-refractivity contribution in [3.63, 3.8) is 0 Å². The van der Waals surface area contributed by atoms with E-state index in [4.69, 9.17) is 9.72 Å². The average molecular weight is 542 g/mol. The number of ether oxygens (including phenoxy) is 1. The lowest BCUT2D eigenvalue weighted by atomic mass is 9.85. The first kappa shape index (κ1) is 26.4.